The maximum absolute atomic E-state index is 11.9. The molecule has 0 atom stereocenters. The molecule has 0 aromatic carbocycles. The fourth-order valence-electron chi connectivity index (χ4n) is 1.95. The van der Waals surface area contributed by atoms with Crippen LogP contribution in [0.2, 0.25) is 0 Å². The number of esters is 1. The number of aryl methyl sites for hydroxylation is 1. The lowest BCUT2D eigenvalue weighted by Gasteiger charge is -2.23. The van der Waals surface area contributed by atoms with Gasteiger partial charge in [0.1, 0.15) is 5.00 Å². The second-order valence-corrected chi connectivity index (χ2v) is 5.82. The summed E-state index contributed by atoms with van der Waals surface area (Å²) in [6.45, 7) is 3.81. The molecule has 0 unspecified atom stereocenters. The van der Waals surface area contributed by atoms with Crippen molar-refractivity contribution in [3.8, 4) is 0 Å². The number of thiophene rings is 1. The summed E-state index contributed by atoms with van der Waals surface area (Å²) in [6.07, 6.45) is 3.01. The van der Waals surface area contributed by atoms with Crippen LogP contribution >= 0.6 is 11.3 Å². The first kappa shape index (κ1) is 13.1. The highest BCUT2D eigenvalue weighted by Gasteiger charge is 2.28. The van der Waals surface area contributed by atoms with E-state index in [0.717, 1.165) is 29.7 Å². The summed E-state index contributed by atoms with van der Waals surface area (Å²) in [5.41, 5.74) is 1.38. The maximum atomic E-state index is 11.9. The van der Waals surface area contributed by atoms with Crippen LogP contribution in [-0.2, 0) is 9.53 Å². The molecule has 1 fully saturated rings. The van der Waals surface area contributed by atoms with Gasteiger partial charge in [-0.1, -0.05) is 6.42 Å². The highest BCUT2D eigenvalue weighted by Crippen LogP contribution is 2.35. The number of carbonyl (C=O) groups excluding carboxylic acids is 2. The van der Waals surface area contributed by atoms with E-state index in [9.17, 15) is 9.59 Å². The molecule has 5 heteroatoms. The van der Waals surface area contributed by atoms with E-state index in [2.05, 4.69) is 5.32 Å². The predicted molar refractivity (Wildman–Crippen MR) is 71.1 cm³/mol. The first-order valence-electron chi connectivity index (χ1n) is 6.03. The van der Waals surface area contributed by atoms with Crippen molar-refractivity contribution in [2.45, 2.75) is 33.1 Å². The third-order valence-electron chi connectivity index (χ3n) is 3.49. The van der Waals surface area contributed by atoms with Crippen LogP contribution < -0.4 is 5.32 Å². The number of rotatable bonds is 3. The fourth-order valence-corrected chi connectivity index (χ4v) is 3.00. The second kappa shape index (κ2) is 5.10. The summed E-state index contributed by atoms with van der Waals surface area (Å²) in [4.78, 5) is 24.7. The van der Waals surface area contributed by atoms with Crippen molar-refractivity contribution in [1.82, 2.24) is 0 Å². The van der Waals surface area contributed by atoms with Gasteiger partial charge in [0.15, 0.2) is 0 Å². The molecule has 0 aliphatic heterocycles. The highest BCUT2D eigenvalue weighted by molar-refractivity contribution is 7.16. The molecule has 1 aromatic rings. The van der Waals surface area contributed by atoms with Crippen molar-refractivity contribution >= 4 is 28.2 Å². The van der Waals surface area contributed by atoms with Crippen molar-refractivity contribution in [2.24, 2.45) is 5.92 Å². The van der Waals surface area contributed by atoms with Crippen LogP contribution in [0.1, 0.15) is 40.1 Å². The Bertz CT molecular complexity index is 489. The Morgan fingerprint density at radius 3 is 2.50 bits per heavy atom. The van der Waals surface area contributed by atoms with Gasteiger partial charge in [-0.15, -0.1) is 11.3 Å². The molecule has 0 spiro atoms. The van der Waals surface area contributed by atoms with Crippen molar-refractivity contribution in [1.29, 1.82) is 0 Å². The van der Waals surface area contributed by atoms with Crippen LogP contribution in [0, 0.1) is 19.8 Å². The van der Waals surface area contributed by atoms with Gasteiger partial charge >= 0.3 is 5.97 Å². The zero-order valence-corrected chi connectivity index (χ0v) is 11.6. The molecule has 0 radical (unpaired) electrons. The van der Waals surface area contributed by atoms with Crippen LogP contribution in [0.15, 0.2) is 0 Å². The van der Waals surface area contributed by atoms with Crippen molar-refractivity contribution in [3.05, 3.63) is 16.0 Å². The number of nitrogens with one attached hydrogen (secondary N) is 1. The minimum Gasteiger partial charge on any atom is -0.465 e. The first-order valence-corrected chi connectivity index (χ1v) is 6.85. The Morgan fingerprint density at radius 2 is 2.00 bits per heavy atom. The summed E-state index contributed by atoms with van der Waals surface area (Å²) in [7, 11) is 1.35. The fraction of sp³-hybridized carbons (Fsp3) is 0.538. The zero-order valence-electron chi connectivity index (χ0n) is 10.8. The molecule has 1 N–H and O–H groups in total. The molecule has 98 valence electrons. The van der Waals surface area contributed by atoms with Gasteiger partial charge in [-0.3, -0.25) is 4.79 Å². The second-order valence-electron chi connectivity index (χ2n) is 4.60. The lowest BCUT2D eigenvalue weighted by molar-refractivity contribution is -0.122. The zero-order chi connectivity index (χ0) is 13.3. The van der Waals surface area contributed by atoms with Gasteiger partial charge in [0.25, 0.3) is 0 Å². The Labute approximate surface area is 110 Å². The lowest BCUT2D eigenvalue weighted by atomic mass is 9.85. The van der Waals surface area contributed by atoms with Gasteiger partial charge in [0.05, 0.1) is 12.7 Å². The number of ether oxygens (including phenoxy) is 1. The molecular weight excluding hydrogens is 250 g/mol. The molecule has 0 saturated heterocycles. The van der Waals surface area contributed by atoms with Gasteiger partial charge in [0, 0.05) is 10.8 Å². The van der Waals surface area contributed by atoms with Crippen LogP contribution in [0.5, 0.6) is 0 Å². The van der Waals surface area contributed by atoms with Crippen LogP contribution in [0.4, 0.5) is 5.00 Å². The van der Waals surface area contributed by atoms with Crippen LogP contribution in [0.3, 0.4) is 0 Å². The van der Waals surface area contributed by atoms with Crippen LogP contribution in [-0.4, -0.2) is 19.0 Å². The van der Waals surface area contributed by atoms with Gasteiger partial charge in [-0.05, 0) is 32.3 Å². The van der Waals surface area contributed by atoms with E-state index in [-0.39, 0.29) is 17.8 Å². The predicted octanol–water partition coefficient (Wildman–Crippen LogP) is 2.89. The number of carbonyl (C=O) groups is 2. The summed E-state index contributed by atoms with van der Waals surface area (Å²) < 4.78 is 4.77. The number of methoxy groups -OCH3 is 1. The molecule has 4 nitrogen and oxygen atoms in total. The average molecular weight is 267 g/mol. The van der Waals surface area contributed by atoms with Crippen molar-refractivity contribution in [2.75, 3.05) is 12.4 Å². The number of hydrogen-bond donors (Lipinski definition) is 1. The Balaban J connectivity index is 2.23. The molecular formula is C13H17NO3S. The minimum absolute atomic E-state index is 0.0210. The van der Waals surface area contributed by atoms with Gasteiger partial charge < -0.3 is 10.1 Å². The Morgan fingerprint density at radius 1 is 1.33 bits per heavy atom. The first-order chi connectivity index (χ1) is 8.54. The molecule has 1 heterocycles. The molecule has 2 rings (SSSR count). The van der Waals surface area contributed by atoms with E-state index in [0.29, 0.717) is 10.6 Å². The van der Waals surface area contributed by atoms with Crippen LogP contribution in [0.25, 0.3) is 0 Å². The molecule has 1 saturated carbocycles. The summed E-state index contributed by atoms with van der Waals surface area (Å²) in [5.74, 6) is -0.258. The van der Waals surface area contributed by atoms with Gasteiger partial charge in [-0.25, -0.2) is 4.79 Å². The molecule has 1 aromatic heterocycles. The SMILES string of the molecule is COC(=O)c1c(NC(=O)C2CCC2)sc(C)c1C. The Hall–Kier alpha value is -1.36. The van der Waals surface area contributed by atoms with Gasteiger partial charge in [-0.2, -0.15) is 0 Å². The standard InChI is InChI=1S/C13H17NO3S/c1-7-8(2)18-12(10(7)13(16)17-3)14-11(15)9-5-4-6-9/h9H,4-6H2,1-3H3,(H,14,15). The molecule has 18 heavy (non-hydrogen) atoms. The minimum atomic E-state index is -0.388. The Kier molecular flexibility index (Phi) is 3.71. The molecule has 0 bridgehead atoms. The molecule has 1 aliphatic carbocycles. The van der Waals surface area contributed by atoms with Gasteiger partial charge in [0.2, 0.25) is 5.91 Å². The normalized spacial score (nSPS) is 15.1. The molecule has 1 amide bonds. The maximum Gasteiger partial charge on any atom is 0.341 e. The van der Waals surface area contributed by atoms with E-state index in [4.69, 9.17) is 4.74 Å². The highest BCUT2D eigenvalue weighted by atomic mass is 32.1. The third kappa shape index (κ3) is 2.27. The van der Waals surface area contributed by atoms with E-state index >= 15 is 0 Å². The number of hydrogen-bond acceptors (Lipinski definition) is 4. The van der Waals surface area contributed by atoms with Crippen molar-refractivity contribution in [3.63, 3.8) is 0 Å². The number of anilines is 1. The van der Waals surface area contributed by atoms with E-state index in [1.807, 2.05) is 13.8 Å². The largest absolute Gasteiger partial charge is 0.465 e. The molecule has 1 aliphatic rings. The topological polar surface area (TPSA) is 55.4 Å². The van der Waals surface area contributed by atoms with Crippen molar-refractivity contribution < 1.29 is 14.3 Å². The smallest absolute Gasteiger partial charge is 0.341 e. The quantitative estimate of drug-likeness (QED) is 0.857. The third-order valence-corrected chi connectivity index (χ3v) is 4.61. The lowest BCUT2D eigenvalue weighted by Crippen LogP contribution is -2.28. The summed E-state index contributed by atoms with van der Waals surface area (Å²) in [5, 5.41) is 3.49. The van der Waals surface area contributed by atoms with E-state index in [1.54, 1.807) is 0 Å². The van der Waals surface area contributed by atoms with E-state index < -0.39 is 0 Å². The number of amides is 1. The van der Waals surface area contributed by atoms with E-state index in [1.165, 1.54) is 18.4 Å². The average Bonchev–Trinajstić information content (AvgIpc) is 2.51. The summed E-state index contributed by atoms with van der Waals surface area (Å²) in [6, 6.07) is 0. The monoisotopic (exact) mass is 267 g/mol. The summed E-state index contributed by atoms with van der Waals surface area (Å²) >= 11 is 1.43.